The molecule has 0 unspecified atom stereocenters. The van der Waals surface area contributed by atoms with Crippen molar-refractivity contribution in [2.75, 3.05) is 0 Å². The van der Waals surface area contributed by atoms with E-state index in [1.807, 2.05) is 0 Å². The predicted octanol–water partition coefficient (Wildman–Crippen LogP) is 2.83. The summed E-state index contributed by atoms with van der Waals surface area (Å²) in [7, 11) is 0. The van der Waals surface area contributed by atoms with Crippen molar-refractivity contribution in [2.24, 2.45) is 23.7 Å². The van der Waals surface area contributed by atoms with E-state index in [0.717, 1.165) is 11.8 Å². The molecule has 0 spiro atoms. The Labute approximate surface area is 81.5 Å². The second-order valence-corrected chi connectivity index (χ2v) is 5.53. The molecule has 1 N–H and O–H groups in total. The van der Waals surface area contributed by atoms with Gasteiger partial charge >= 0.3 is 0 Å². The Bertz CT molecular complexity index is 177. The van der Waals surface area contributed by atoms with Crippen LogP contribution >= 0.6 is 0 Å². The Hall–Kier alpha value is -0.0400. The van der Waals surface area contributed by atoms with Crippen molar-refractivity contribution in [3.05, 3.63) is 0 Å². The molecule has 4 bridgehead atoms. The molecule has 1 nitrogen and oxygen atoms in total. The monoisotopic (exact) mass is 182 g/mol. The summed E-state index contributed by atoms with van der Waals surface area (Å²) in [5.41, 5.74) is -0.298. The van der Waals surface area contributed by atoms with E-state index < -0.39 is 0 Å². The summed E-state index contributed by atoms with van der Waals surface area (Å²) in [6, 6.07) is 0. The first-order valence-corrected chi connectivity index (χ1v) is 5.38. The maximum Gasteiger partial charge on any atom is 0.0676 e. The first-order chi connectivity index (χ1) is 5.66. The molecule has 4 rings (SSSR count). The molecule has 4 aliphatic rings. The first-order valence-electron chi connectivity index (χ1n) is 5.38. The standard InChI is InChI=1S/C11H18O.CH4/c1-11(12)9-3-7-2-8(5-9)6-10(11)4-7;/h7-10,12H,2-6H2,1H3;1H4. The quantitative estimate of drug-likeness (QED) is 0.611. The molecule has 0 aromatic rings. The molecule has 0 atom stereocenters. The van der Waals surface area contributed by atoms with Crippen molar-refractivity contribution in [1.29, 1.82) is 0 Å². The SMILES string of the molecule is C.CC1(O)C2CC3CC(C2)CC1C3. The van der Waals surface area contributed by atoms with Gasteiger partial charge in [0.25, 0.3) is 0 Å². The molecule has 1 heteroatoms. The summed E-state index contributed by atoms with van der Waals surface area (Å²) in [6.45, 7) is 2.08. The topological polar surface area (TPSA) is 20.2 Å². The van der Waals surface area contributed by atoms with Gasteiger partial charge in [-0.3, -0.25) is 0 Å². The van der Waals surface area contributed by atoms with Crippen LogP contribution in [0.4, 0.5) is 0 Å². The highest BCUT2D eigenvalue weighted by Crippen LogP contribution is 2.57. The summed E-state index contributed by atoms with van der Waals surface area (Å²) in [4.78, 5) is 0. The molecule has 0 radical (unpaired) electrons. The lowest BCUT2D eigenvalue weighted by Crippen LogP contribution is -2.55. The summed E-state index contributed by atoms with van der Waals surface area (Å²) >= 11 is 0. The summed E-state index contributed by atoms with van der Waals surface area (Å²) in [5, 5.41) is 10.3. The van der Waals surface area contributed by atoms with E-state index in [1.54, 1.807) is 0 Å². The van der Waals surface area contributed by atoms with Gasteiger partial charge < -0.3 is 5.11 Å². The van der Waals surface area contributed by atoms with Gasteiger partial charge in [0.15, 0.2) is 0 Å². The number of rotatable bonds is 0. The van der Waals surface area contributed by atoms with E-state index >= 15 is 0 Å². The lowest BCUT2D eigenvalue weighted by Gasteiger charge is -2.57. The molecule has 13 heavy (non-hydrogen) atoms. The van der Waals surface area contributed by atoms with Crippen molar-refractivity contribution in [2.45, 2.75) is 52.1 Å². The minimum atomic E-state index is -0.298. The van der Waals surface area contributed by atoms with Crippen LogP contribution in [-0.4, -0.2) is 10.7 Å². The zero-order valence-corrected chi connectivity index (χ0v) is 7.79. The molecule has 4 saturated carbocycles. The molecule has 0 aromatic heterocycles. The van der Waals surface area contributed by atoms with E-state index in [-0.39, 0.29) is 13.0 Å². The fraction of sp³-hybridized carbons (Fsp3) is 1.00. The highest BCUT2D eigenvalue weighted by molar-refractivity contribution is 5.04. The third-order valence-electron chi connectivity index (χ3n) is 4.79. The Morgan fingerprint density at radius 1 is 0.923 bits per heavy atom. The van der Waals surface area contributed by atoms with E-state index in [9.17, 15) is 5.11 Å². The van der Waals surface area contributed by atoms with Crippen LogP contribution in [0.5, 0.6) is 0 Å². The third-order valence-corrected chi connectivity index (χ3v) is 4.79. The Kier molecular flexibility index (Phi) is 1.99. The summed E-state index contributed by atoms with van der Waals surface area (Å²) in [5.74, 6) is 3.25. The number of aliphatic hydroxyl groups is 1. The van der Waals surface area contributed by atoms with Crippen LogP contribution in [0.3, 0.4) is 0 Å². The zero-order chi connectivity index (χ0) is 8.34. The molecule has 4 aliphatic carbocycles. The normalized spacial score (nSPS) is 57.7. The van der Waals surface area contributed by atoms with Crippen molar-refractivity contribution in [3.63, 3.8) is 0 Å². The maximum absolute atomic E-state index is 10.3. The molecule has 0 aliphatic heterocycles. The highest BCUT2D eigenvalue weighted by atomic mass is 16.3. The second kappa shape index (κ2) is 2.73. The summed E-state index contributed by atoms with van der Waals surface area (Å²) in [6.07, 6.45) is 6.75. The Morgan fingerprint density at radius 2 is 1.31 bits per heavy atom. The van der Waals surface area contributed by atoms with Gasteiger partial charge in [0.05, 0.1) is 5.60 Å². The molecule has 0 heterocycles. The van der Waals surface area contributed by atoms with E-state index in [1.165, 1.54) is 32.1 Å². The lowest BCUT2D eigenvalue weighted by molar-refractivity contribution is -0.161. The van der Waals surface area contributed by atoms with Crippen LogP contribution in [0.1, 0.15) is 46.5 Å². The molecular formula is C12H22O. The molecule has 0 aromatic carbocycles. The molecular weight excluding hydrogens is 160 g/mol. The fourth-order valence-electron chi connectivity index (χ4n) is 4.14. The van der Waals surface area contributed by atoms with Crippen molar-refractivity contribution >= 4 is 0 Å². The van der Waals surface area contributed by atoms with Gasteiger partial charge in [-0.05, 0) is 62.7 Å². The van der Waals surface area contributed by atoms with Gasteiger partial charge in [0, 0.05) is 0 Å². The zero-order valence-electron chi connectivity index (χ0n) is 7.79. The number of hydrogen-bond acceptors (Lipinski definition) is 1. The van der Waals surface area contributed by atoms with Crippen LogP contribution in [0.25, 0.3) is 0 Å². The average Bonchev–Trinajstić information content (AvgIpc) is 1.99. The lowest BCUT2D eigenvalue weighted by atomic mass is 9.50. The smallest absolute Gasteiger partial charge is 0.0676 e. The largest absolute Gasteiger partial charge is 0.390 e. The van der Waals surface area contributed by atoms with Crippen LogP contribution in [0.2, 0.25) is 0 Å². The fourth-order valence-corrected chi connectivity index (χ4v) is 4.14. The molecule has 4 fully saturated rings. The minimum Gasteiger partial charge on any atom is -0.390 e. The van der Waals surface area contributed by atoms with Gasteiger partial charge in [-0.25, -0.2) is 0 Å². The molecule has 0 amide bonds. The van der Waals surface area contributed by atoms with Crippen LogP contribution in [0, 0.1) is 23.7 Å². The van der Waals surface area contributed by atoms with Crippen LogP contribution in [0.15, 0.2) is 0 Å². The van der Waals surface area contributed by atoms with Crippen molar-refractivity contribution in [1.82, 2.24) is 0 Å². The van der Waals surface area contributed by atoms with Crippen molar-refractivity contribution in [3.8, 4) is 0 Å². The van der Waals surface area contributed by atoms with Gasteiger partial charge in [0.2, 0.25) is 0 Å². The van der Waals surface area contributed by atoms with Gasteiger partial charge in [-0.2, -0.15) is 0 Å². The Balaban J connectivity index is 0.000000653. The first kappa shape index (κ1) is 9.51. The van der Waals surface area contributed by atoms with Crippen molar-refractivity contribution < 1.29 is 5.11 Å². The minimum absolute atomic E-state index is 0. The van der Waals surface area contributed by atoms with E-state index in [0.29, 0.717) is 11.8 Å². The molecule has 0 saturated heterocycles. The van der Waals surface area contributed by atoms with Gasteiger partial charge in [-0.1, -0.05) is 7.43 Å². The van der Waals surface area contributed by atoms with E-state index in [2.05, 4.69) is 6.92 Å². The van der Waals surface area contributed by atoms with Gasteiger partial charge in [-0.15, -0.1) is 0 Å². The predicted molar refractivity (Wildman–Crippen MR) is 54.4 cm³/mol. The van der Waals surface area contributed by atoms with Gasteiger partial charge in [0.1, 0.15) is 0 Å². The van der Waals surface area contributed by atoms with Crippen LogP contribution < -0.4 is 0 Å². The van der Waals surface area contributed by atoms with E-state index in [4.69, 9.17) is 0 Å². The highest BCUT2D eigenvalue weighted by Gasteiger charge is 2.53. The third kappa shape index (κ3) is 1.16. The second-order valence-electron chi connectivity index (χ2n) is 5.53. The van der Waals surface area contributed by atoms with Crippen LogP contribution in [-0.2, 0) is 0 Å². The summed E-state index contributed by atoms with van der Waals surface area (Å²) < 4.78 is 0. The maximum atomic E-state index is 10.3. The molecule has 76 valence electrons. The Morgan fingerprint density at radius 3 is 1.69 bits per heavy atom. The average molecular weight is 182 g/mol. The number of hydrogen-bond donors (Lipinski definition) is 1.